The number of hydrogen-bond acceptors (Lipinski definition) is 3. The molecule has 2 nitrogen and oxygen atoms in total. The van der Waals surface area contributed by atoms with Crippen molar-refractivity contribution in [2.75, 3.05) is 6.61 Å². The van der Waals surface area contributed by atoms with E-state index in [-0.39, 0.29) is 5.78 Å². The van der Waals surface area contributed by atoms with Crippen LogP contribution in [0.1, 0.15) is 26.4 Å². The molecule has 0 saturated heterocycles. The molecule has 19 heavy (non-hydrogen) atoms. The highest BCUT2D eigenvalue weighted by molar-refractivity contribution is 7.10. The molecule has 0 radical (unpaired) electrons. The average Bonchev–Trinajstić information content (AvgIpc) is 2.89. The largest absolute Gasteiger partial charge is 0.488 e. The standard InChI is InChI=1S/C16H14O2S/c1-10-5-6-11(2)16-14(10)15(17)12(9-18-16)8-13-4-3-7-19-13/h3-8H,9H2,1-2H3/b12-8+. The number of aryl methyl sites for hydroxylation is 2. The quantitative estimate of drug-likeness (QED) is 0.731. The maximum atomic E-state index is 12.6. The normalized spacial score (nSPS) is 16.3. The Hall–Kier alpha value is -1.87. The van der Waals surface area contributed by atoms with Crippen molar-refractivity contribution >= 4 is 23.2 Å². The number of benzene rings is 1. The molecule has 3 rings (SSSR count). The second kappa shape index (κ2) is 4.67. The third-order valence-corrected chi connectivity index (χ3v) is 4.13. The van der Waals surface area contributed by atoms with E-state index >= 15 is 0 Å². The van der Waals surface area contributed by atoms with Crippen LogP contribution in [0.5, 0.6) is 5.75 Å². The molecule has 0 N–H and O–H groups in total. The molecule has 1 aromatic carbocycles. The van der Waals surface area contributed by atoms with Crippen LogP contribution in [-0.2, 0) is 0 Å². The maximum absolute atomic E-state index is 12.6. The van der Waals surface area contributed by atoms with E-state index in [2.05, 4.69) is 0 Å². The van der Waals surface area contributed by atoms with E-state index in [1.54, 1.807) is 11.3 Å². The Kier molecular flexibility index (Phi) is 2.99. The minimum Gasteiger partial charge on any atom is -0.488 e. The van der Waals surface area contributed by atoms with Gasteiger partial charge in [0.2, 0.25) is 0 Å². The molecule has 0 amide bonds. The molecule has 1 aliphatic heterocycles. The lowest BCUT2D eigenvalue weighted by atomic mass is 9.93. The van der Waals surface area contributed by atoms with Crippen molar-refractivity contribution in [2.24, 2.45) is 0 Å². The molecule has 3 heteroatoms. The van der Waals surface area contributed by atoms with Gasteiger partial charge in [0.1, 0.15) is 12.4 Å². The molecule has 0 spiro atoms. The molecule has 0 saturated carbocycles. The SMILES string of the molecule is Cc1ccc(C)c2c1OC/C(=C\c1cccs1)C2=O. The van der Waals surface area contributed by atoms with Crippen molar-refractivity contribution in [2.45, 2.75) is 13.8 Å². The van der Waals surface area contributed by atoms with Gasteiger partial charge >= 0.3 is 0 Å². The fraction of sp³-hybridized carbons (Fsp3) is 0.188. The number of fused-ring (bicyclic) bond motifs is 1. The van der Waals surface area contributed by atoms with Crippen LogP contribution < -0.4 is 4.74 Å². The maximum Gasteiger partial charge on any atom is 0.196 e. The fourth-order valence-electron chi connectivity index (χ4n) is 2.28. The number of ether oxygens (including phenoxy) is 1. The number of Topliss-reactive ketones (excluding diaryl/α,β-unsaturated/α-hetero) is 1. The summed E-state index contributed by atoms with van der Waals surface area (Å²) < 4.78 is 5.78. The Labute approximate surface area is 116 Å². The number of rotatable bonds is 1. The molecule has 0 unspecified atom stereocenters. The molecule has 0 aliphatic carbocycles. The lowest BCUT2D eigenvalue weighted by molar-refractivity contribution is 0.0999. The van der Waals surface area contributed by atoms with Crippen molar-refractivity contribution < 1.29 is 9.53 Å². The molecule has 2 heterocycles. The molecule has 1 aromatic heterocycles. The first kappa shape index (κ1) is 12.2. The lowest BCUT2D eigenvalue weighted by Gasteiger charge is -2.22. The summed E-state index contributed by atoms with van der Waals surface area (Å²) in [4.78, 5) is 13.7. The second-order valence-electron chi connectivity index (χ2n) is 4.71. The Bertz CT molecular complexity index is 666. The van der Waals surface area contributed by atoms with E-state index in [1.807, 2.05) is 49.6 Å². The number of carbonyl (C=O) groups is 1. The van der Waals surface area contributed by atoms with E-state index in [0.29, 0.717) is 12.2 Å². The van der Waals surface area contributed by atoms with Crippen molar-refractivity contribution in [3.05, 3.63) is 56.8 Å². The average molecular weight is 270 g/mol. The van der Waals surface area contributed by atoms with Gasteiger partial charge in [-0.3, -0.25) is 4.79 Å². The minimum absolute atomic E-state index is 0.0934. The van der Waals surface area contributed by atoms with Gasteiger partial charge in [-0.1, -0.05) is 18.2 Å². The number of ketones is 1. The Morgan fingerprint density at radius 2 is 2.00 bits per heavy atom. The Balaban J connectivity index is 2.08. The van der Waals surface area contributed by atoms with Gasteiger partial charge in [-0.2, -0.15) is 0 Å². The summed E-state index contributed by atoms with van der Waals surface area (Å²) >= 11 is 1.62. The first-order valence-corrected chi connectivity index (χ1v) is 7.06. The Morgan fingerprint density at radius 3 is 2.74 bits per heavy atom. The Morgan fingerprint density at radius 1 is 1.21 bits per heavy atom. The number of thiophene rings is 1. The first-order chi connectivity index (χ1) is 9.16. The van der Waals surface area contributed by atoms with Gasteiger partial charge in [-0.25, -0.2) is 0 Å². The third kappa shape index (κ3) is 2.10. The van der Waals surface area contributed by atoms with E-state index in [0.717, 1.165) is 27.3 Å². The van der Waals surface area contributed by atoms with Gasteiger partial charge in [-0.05, 0) is 42.5 Å². The second-order valence-corrected chi connectivity index (χ2v) is 5.69. The van der Waals surface area contributed by atoms with Crippen LogP contribution in [-0.4, -0.2) is 12.4 Å². The van der Waals surface area contributed by atoms with Crippen molar-refractivity contribution in [3.63, 3.8) is 0 Å². The summed E-state index contributed by atoms with van der Waals surface area (Å²) in [6, 6.07) is 7.96. The smallest absolute Gasteiger partial charge is 0.196 e. The lowest BCUT2D eigenvalue weighted by Crippen LogP contribution is -2.20. The van der Waals surface area contributed by atoms with Crippen LogP contribution >= 0.6 is 11.3 Å². The number of hydrogen-bond donors (Lipinski definition) is 0. The number of carbonyl (C=O) groups excluding carboxylic acids is 1. The van der Waals surface area contributed by atoms with E-state index < -0.39 is 0 Å². The molecule has 1 aliphatic rings. The first-order valence-electron chi connectivity index (χ1n) is 6.18. The summed E-state index contributed by atoms with van der Waals surface area (Å²) in [6.07, 6.45) is 1.93. The van der Waals surface area contributed by atoms with Crippen molar-refractivity contribution in [1.29, 1.82) is 0 Å². The van der Waals surface area contributed by atoms with Gasteiger partial charge in [0.25, 0.3) is 0 Å². The van der Waals surface area contributed by atoms with E-state index in [4.69, 9.17) is 4.74 Å². The molecule has 0 fully saturated rings. The molecule has 0 bridgehead atoms. The highest BCUT2D eigenvalue weighted by Gasteiger charge is 2.26. The molecular formula is C16H14O2S. The van der Waals surface area contributed by atoms with Crippen LogP contribution in [0.15, 0.2) is 35.2 Å². The van der Waals surface area contributed by atoms with Crippen LogP contribution in [0, 0.1) is 13.8 Å². The van der Waals surface area contributed by atoms with Gasteiger partial charge in [0.05, 0.1) is 5.56 Å². The van der Waals surface area contributed by atoms with Gasteiger partial charge in [0.15, 0.2) is 5.78 Å². The van der Waals surface area contributed by atoms with Gasteiger partial charge in [0, 0.05) is 10.5 Å². The molecular weight excluding hydrogens is 256 g/mol. The monoisotopic (exact) mass is 270 g/mol. The minimum atomic E-state index is 0.0934. The van der Waals surface area contributed by atoms with Crippen LogP contribution in [0.3, 0.4) is 0 Å². The van der Waals surface area contributed by atoms with E-state index in [9.17, 15) is 4.79 Å². The van der Waals surface area contributed by atoms with Crippen molar-refractivity contribution in [1.82, 2.24) is 0 Å². The van der Waals surface area contributed by atoms with Crippen LogP contribution in [0.25, 0.3) is 6.08 Å². The molecule has 0 atom stereocenters. The predicted molar refractivity (Wildman–Crippen MR) is 78.0 cm³/mol. The van der Waals surface area contributed by atoms with Gasteiger partial charge < -0.3 is 4.74 Å². The predicted octanol–water partition coefficient (Wildman–Crippen LogP) is 4.02. The third-order valence-electron chi connectivity index (χ3n) is 3.31. The van der Waals surface area contributed by atoms with Crippen molar-refractivity contribution in [3.8, 4) is 5.75 Å². The summed E-state index contributed by atoms with van der Waals surface area (Å²) in [7, 11) is 0. The highest BCUT2D eigenvalue weighted by atomic mass is 32.1. The summed E-state index contributed by atoms with van der Waals surface area (Å²) in [5, 5.41) is 2.00. The van der Waals surface area contributed by atoms with Crippen LogP contribution in [0.4, 0.5) is 0 Å². The zero-order valence-electron chi connectivity index (χ0n) is 10.9. The zero-order valence-corrected chi connectivity index (χ0v) is 11.7. The topological polar surface area (TPSA) is 26.3 Å². The fourth-order valence-corrected chi connectivity index (χ4v) is 2.96. The summed E-state index contributed by atoms with van der Waals surface area (Å²) in [5.74, 6) is 0.837. The molecule has 2 aromatic rings. The van der Waals surface area contributed by atoms with Crippen LogP contribution in [0.2, 0.25) is 0 Å². The molecule has 96 valence electrons. The van der Waals surface area contributed by atoms with Gasteiger partial charge in [-0.15, -0.1) is 11.3 Å². The highest BCUT2D eigenvalue weighted by Crippen LogP contribution is 2.33. The summed E-state index contributed by atoms with van der Waals surface area (Å²) in [6.45, 7) is 4.28. The zero-order chi connectivity index (χ0) is 13.4. The van der Waals surface area contributed by atoms with E-state index in [1.165, 1.54) is 0 Å². The summed E-state index contributed by atoms with van der Waals surface area (Å²) in [5.41, 5.74) is 3.43.